The molecule has 2 N–H and O–H groups in total. The lowest BCUT2D eigenvalue weighted by Crippen LogP contribution is -2.35. The third-order valence-electron chi connectivity index (χ3n) is 4.07. The number of hydrogen-bond donors (Lipinski definition) is 2. The molecule has 1 aliphatic rings. The Hall–Kier alpha value is -1.40. The molecule has 0 saturated carbocycles. The van der Waals surface area contributed by atoms with Gasteiger partial charge in [-0.15, -0.1) is 0 Å². The molecule has 0 aliphatic carbocycles. The number of aliphatic hydroxyl groups excluding tert-OH is 1. The lowest BCUT2D eigenvalue weighted by molar-refractivity contribution is 0.0656. The molecule has 2 heterocycles. The van der Waals surface area contributed by atoms with Crippen LogP contribution in [0.2, 0.25) is 0 Å². The zero-order chi connectivity index (χ0) is 15.4. The lowest BCUT2D eigenvalue weighted by Gasteiger charge is -2.23. The SMILES string of the molecule is Cc1c(C(=O)NCC(O)C(C)C)cnn1C1CCOCC1. The molecule has 0 spiro atoms. The van der Waals surface area contributed by atoms with E-state index >= 15 is 0 Å². The first kappa shape index (κ1) is 16.0. The Morgan fingerprint density at radius 1 is 1.52 bits per heavy atom. The van der Waals surface area contributed by atoms with Crippen molar-refractivity contribution in [3.8, 4) is 0 Å². The van der Waals surface area contributed by atoms with E-state index in [0.717, 1.165) is 31.7 Å². The van der Waals surface area contributed by atoms with Crippen LogP contribution in [-0.2, 0) is 4.74 Å². The van der Waals surface area contributed by atoms with Gasteiger partial charge in [0.1, 0.15) is 0 Å². The Morgan fingerprint density at radius 3 is 2.81 bits per heavy atom. The smallest absolute Gasteiger partial charge is 0.254 e. The van der Waals surface area contributed by atoms with Crippen molar-refractivity contribution in [1.82, 2.24) is 15.1 Å². The summed E-state index contributed by atoms with van der Waals surface area (Å²) in [6.07, 6.45) is 2.94. The number of aromatic nitrogens is 2. The fraction of sp³-hybridized carbons (Fsp3) is 0.733. The minimum atomic E-state index is -0.528. The number of ether oxygens (including phenoxy) is 1. The average molecular weight is 295 g/mol. The van der Waals surface area contributed by atoms with E-state index in [4.69, 9.17) is 4.74 Å². The number of amides is 1. The van der Waals surface area contributed by atoms with Crippen molar-refractivity contribution in [2.75, 3.05) is 19.8 Å². The summed E-state index contributed by atoms with van der Waals surface area (Å²) in [7, 11) is 0. The predicted molar refractivity (Wildman–Crippen MR) is 79.2 cm³/mol. The number of nitrogens with zero attached hydrogens (tertiary/aromatic N) is 2. The van der Waals surface area contributed by atoms with Crippen LogP contribution in [0.1, 0.15) is 48.8 Å². The van der Waals surface area contributed by atoms with Gasteiger partial charge in [-0.25, -0.2) is 0 Å². The van der Waals surface area contributed by atoms with Crippen molar-refractivity contribution < 1.29 is 14.6 Å². The van der Waals surface area contributed by atoms with Gasteiger partial charge < -0.3 is 15.2 Å². The molecule has 2 rings (SSSR count). The molecule has 6 heteroatoms. The summed E-state index contributed by atoms with van der Waals surface area (Å²) in [6, 6.07) is 0.307. The molecule has 21 heavy (non-hydrogen) atoms. The molecule has 1 saturated heterocycles. The number of rotatable bonds is 5. The van der Waals surface area contributed by atoms with Crippen molar-refractivity contribution in [3.63, 3.8) is 0 Å². The normalized spacial score (nSPS) is 18.0. The van der Waals surface area contributed by atoms with Crippen molar-refractivity contribution in [2.45, 2.75) is 45.8 Å². The third-order valence-corrected chi connectivity index (χ3v) is 4.07. The van der Waals surface area contributed by atoms with Gasteiger partial charge in [-0.05, 0) is 25.7 Å². The summed E-state index contributed by atoms with van der Waals surface area (Å²) in [5, 5.41) is 16.9. The Labute approximate surface area is 125 Å². The van der Waals surface area contributed by atoms with Gasteiger partial charge in [0.15, 0.2) is 0 Å². The minimum Gasteiger partial charge on any atom is -0.391 e. The highest BCUT2D eigenvalue weighted by Crippen LogP contribution is 2.23. The second-order valence-electron chi connectivity index (χ2n) is 5.95. The van der Waals surface area contributed by atoms with E-state index in [2.05, 4.69) is 10.4 Å². The number of aliphatic hydroxyl groups is 1. The molecule has 1 unspecified atom stereocenters. The van der Waals surface area contributed by atoms with Crippen LogP contribution >= 0.6 is 0 Å². The number of carbonyl (C=O) groups is 1. The minimum absolute atomic E-state index is 0.122. The summed E-state index contributed by atoms with van der Waals surface area (Å²) in [5.74, 6) is -0.0538. The standard InChI is InChI=1S/C15H25N3O3/c1-10(2)14(19)9-16-15(20)13-8-17-18(11(13)3)12-4-6-21-7-5-12/h8,10,12,14,19H,4-7,9H2,1-3H3,(H,16,20). The van der Waals surface area contributed by atoms with E-state index in [9.17, 15) is 9.90 Å². The van der Waals surface area contributed by atoms with Crippen molar-refractivity contribution in [1.29, 1.82) is 0 Å². The van der Waals surface area contributed by atoms with Crippen molar-refractivity contribution in [3.05, 3.63) is 17.5 Å². The van der Waals surface area contributed by atoms with Crippen LogP contribution in [-0.4, -0.2) is 46.7 Å². The van der Waals surface area contributed by atoms with Gasteiger partial charge in [0.25, 0.3) is 5.91 Å². The van der Waals surface area contributed by atoms with Crippen LogP contribution in [0.3, 0.4) is 0 Å². The molecule has 1 amide bonds. The Morgan fingerprint density at radius 2 is 2.19 bits per heavy atom. The lowest BCUT2D eigenvalue weighted by atomic mass is 10.1. The van der Waals surface area contributed by atoms with Gasteiger partial charge in [0.2, 0.25) is 0 Å². The van der Waals surface area contributed by atoms with Gasteiger partial charge >= 0.3 is 0 Å². The fourth-order valence-electron chi connectivity index (χ4n) is 2.47. The largest absolute Gasteiger partial charge is 0.391 e. The van der Waals surface area contributed by atoms with Crippen LogP contribution < -0.4 is 5.32 Å². The number of nitrogens with one attached hydrogen (secondary N) is 1. The molecule has 0 aromatic carbocycles. The molecule has 6 nitrogen and oxygen atoms in total. The van der Waals surface area contributed by atoms with Crippen molar-refractivity contribution >= 4 is 5.91 Å². The second kappa shape index (κ2) is 7.04. The number of carbonyl (C=O) groups excluding carboxylic acids is 1. The Bertz CT molecular complexity index is 479. The van der Waals surface area contributed by atoms with E-state index in [1.54, 1.807) is 6.20 Å². The maximum absolute atomic E-state index is 12.2. The third kappa shape index (κ3) is 3.83. The van der Waals surface area contributed by atoms with Crippen LogP contribution in [0.25, 0.3) is 0 Å². The maximum Gasteiger partial charge on any atom is 0.254 e. The van der Waals surface area contributed by atoms with Gasteiger partial charge in [0.05, 0.1) is 23.9 Å². The molecule has 0 bridgehead atoms. The van der Waals surface area contributed by atoms with E-state index in [-0.39, 0.29) is 18.4 Å². The van der Waals surface area contributed by atoms with Gasteiger partial charge in [-0.3, -0.25) is 9.48 Å². The van der Waals surface area contributed by atoms with Gasteiger partial charge in [-0.1, -0.05) is 13.8 Å². The molecule has 0 radical (unpaired) electrons. The highest BCUT2D eigenvalue weighted by molar-refractivity contribution is 5.95. The van der Waals surface area contributed by atoms with Crippen LogP contribution in [0.4, 0.5) is 0 Å². The summed E-state index contributed by atoms with van der Waals surface area (Å²) < 4.78 is 7.28. The molecule has 1 atom stereocenters. The predicted octanol–water partition coefficient (Wildman–Crippen LogP) is 1.29. The summed E-state index contributed by atoms with van der Waals surface area (Å²) in [5.41, 5.74) is 1.45. The second-order valence-corrected chi connectivity index (χ2v) is 5.95. The molecule has 1 aromatic rings. The summed E-state index contributed by atoms with van der Waals surface area (Å²) in [6.45, 7) is 7.50. The first-order chi connectivity index (χ1) is 10.0. The quantitative estimate of drug-likeness (QED) is 0.858. The van der Waals surface area contributed by atoms with E-state index in [1.807, 2.05) is 25.5 Å². The highest BCUT2D eigenvalue weighted by atomic mass is 16.5. The summed E-state index contributed by atoms with van der Waals surface area (Å²) >= 11 is 0. The van der Waals surface area contributed by atoms with E-state index in [1.165, 1.54) is 0 Å². The zero-order valence-corrected chi connectivity index (χ0v) is 13.0. The molecular formula is C15H25N3O3. The fourth-order valence-corrected chi connectivity index (χ4v) is 2.47. The molecule has 118 valence electrons. The van der Waals surface area contributed by atoms with E-state index < -0.39 is 6.10 Å². The molecule has 1 fully saturated rings. The van der Waals surface area contributed by atoms with Crippen LogP contribution in [0, 0.1) is 12.8 Å². The molecule has 1 aliphatic heterocycles. The molecular weight excluding hydrogens is 270 g/mol. The first-order valence-corrected chi connectivity index (χ1v) is 7.58. The Balaban J connectivity index is 2.00. The van der Waals surface area contributed by atoms with E-state index in [0.29, 0.717) is 11.6 Å². The van der Waals surface area contributed by atoms with Crippen molar-refractivity contribution in [2.24, 2.45) is 5.92 Å². The topological polar surface area (TPSA) is 76.4 Å². The Kier molecular flexibility index (Phi) is 5.36. The zero-order valence-electron chi connectivity index (χ0n) is 13.0. The van der Waals surface area contributed by atoms with Crippen LogP contribution in [0.15, 0.2) is 6.20 Å². The average Bonchev–Trinajstić information content (AvgIpc) is 2.87. The van der Waals surface area contributed by atoms with Crippen LogP contribution in [0.5, 0.6) is 0 Å². The summed E-state index contributed by atoms with van der Waals surface area (Å²) in [4.78, 5) is 12.2. The first-order valence-electron chi connectivity index (χ1n) is 7.58. The molecule has 1 aromatic heterocycles. The highest BCUT2D eigenvalue weighted by Gasteiger charge is 2.22. The number of hydrogen-bond acceptors (Lipinski definition) is 4. The van der Waals surface area contributed by atoms with Gasteiger partial charge in [0, 0.05) is 25.5 Å². The monoisotopic (exact) mass is 295 g/mol. The maximum atomic E-state index is 12.2. The van der Waals surface area contributed by atoms with Gasteiger partial charge in [-0.2, -0.15) is 5.10 Å².